The quantitative estimate of drug-likeness (QED) is 0.0925. The van der Waals surface area contributed by atoms with Crippen molar-refractivity contribution in [2.75, 3.05) is 0 Å². The maximum Gasteiger partial charge on any atom is 0.123 e. The van der Waals surface area contributed by atoms with Crippen LogP contribution < -0.4 is 0 Å². The van der Waals surface area contributed by atoms with Gasteiger partial charge in [0.2, 0.25) is 0 Å². The molecule has 2 heteroatoms. The van der Waals surface area contributed by atoms with Crippen LogP contribution in [0.25, 0.3) is 50.1 Å². The predicted octanol–water partition coefficient (Wildman–Crippen LogP) is 13.7. The molecule has 54 heavy (non-hydrogen) atoms. The third-order valence-corrected chi connectivity index (χ3v) is 9.17. The van der Waals surface area contributed by atoms with Gasteiger partial charge in [-0.25, -0.2) is 0 Å². The van der Waals surface area contributed by atoms with Crippen molar-refractivity contribution in [2.24, 2.45) is 0 Å². The molecule has 264 valence electrons. The molecule has 0 saturated carbocycles. The van der Waals surface area contributed by atoms with Crippen molar-refractivity contribution in [3.63, 3.8) is 0 Å². The summed E-state index contributed by atoms with van der Waals surface area (Å²) in [7, 11) is 0. The number of nitrogens with one attached hydrogen (secondary N) is 1. The third kappa shape index (κ3) is 9.48. The van der Waals surface area contributed by atoms with Gasteiger partial charge in [-0.05, 0) is 83.0 Å². The van der Waals surface area contributed by atoms with Crippen LogP contribution in [0.4, 0.5) is 0 Å². The topological polar surface area (TPSA) is 44.1 Å². The fraction of sp³-hybridized carbons (Fsp3) is 0.0577. The van der Waals surface area contributed by atoms with E-state index in [1.807, 2.05) is 92.7 Å². The molecule has 2 N–H and O–H groups in total. The van der Waals surface area contributed by atoms with Crippen LogP contribution in [0.1, 0.15) is 30.5 Å². The number of hydrogen-bond donors (Lipinski definition) is 2. The number of benzene rings is 7. The van der Waals surface area contributed by atoms with Crippen molar-refractivity contribution < 1.29 is 5.11 Å². The first-order valence-corrected chi connectivity index (χ1v) is 17.9. The molecule has 0 aliphatic rings. The Balaban J connectivity index is 0.000000553. The van der Waals surface area contributed by atoms with Gasteiger partial charge in [0.05, 0.1) is 5.71 Å². The van der Waals surface area contributed by atoms with Crippen LogP contribution in [0.2, 0.25) is 0 Å². The summed E-state index contributed by atoms with van der Waals surface area (Å²) in [5, 5.41) is 20.1. The van der Waals surface area contributed by atoms with E-state index in [4.69, 9.17) is 5.41 Å². The van der Waals surface area contributed by atoms with Crippen LogP contribution in [0.15, 0.2) is 200 Å². The summed E-state index contributed by atoms with van der Waals surface area (Å²) in [6.45, 7) is 6.01. The van der Waals surface area contributed by atoms with Gasteiger partial charge in [-0.1, -0.05) is 188 Å². The highest BCUT2D eigenvalue weighted by Crippen LogP contribution is 2.36. The summed E-state index contributed by atoms with van der Waals surface area (Å²) in [4.78, 5) is 0. The highest BCUT2D eigenvalue weighted by atomic mass is 16.3. The largest absolute Gasteiger partial charge is 0.507 e. The average molecular weight is 700 g/mol. The number of hydrogen-bond acceptors (Lipinski definition) is 2. The number of phenolic OH excluding ortho intramolecular Hbond substituents is 1. The summed E-state index contributed by atoms with van der Waals surface area (Å²) >= 11 is 0. The van der Waals surface area contributed by atoms with E-state index in [0.717, 1.165) is 44.5 Å². The molecule has 0 spiro atoms. The standard InChI is InChI=1S/C43H35NO.C7H8.C2H2/c1-3-12-38(43(44)36-25-21-32(22-26-36)31-13-6-4-7-14-31)30(2)41-29-37(27-28-42(41)45)33-19-23-35(24-20-33)40-18-11-10-17-39(40)34-15-8-5-9-16-34;1-7-5-3-2-4-6-7;1-2/h3-29,44-45H,1-2H3;2-6H,1H3;1-2H/b12-3-,38-30-,44-43?;;. The lowest BCUT2D eigenvalue weighted by atomic mass is 9.90. The summed E-state index contributed by atoms with van der Waals surface area (Å²) in [6.07, 6.45) is 11.9. The van der Waals surface area contributed by atoms with E-state index in [9.17, 15) is 5.11 Å². The molecule has 7 rings (SSSR count). The molecule has 0 radical (unpaired) electrons. The average Bonchev–Trinajstić information content (AvgIpc) is 3.24. The van der Waals surface area contributed by atoms with Crippen LogP contribution in [0.3, 0.4) is 0 Å². The Morgan fingerprint density at radius 3 is 1.44 bits per heavy atom. The van der Waals surface area contributed by atoms with E-state index < -0.39 is 0 Å². The number of terminal acetylenes is 1. The highest BCUT2D eigenvalue weighted by Gasteiger charge is 2.15. The van der Waals surface area contributed by atoms with Gasteiger partial charge in [-0.15, -0.1) is 12.8 Å². The first kappa shape index (κ1) is 38.3. The number of aryl methyl sites for hydroxylation is 1. The fourth-order valence-electron chi connectivity index (χ4n) is 6.32. The Kier molecular flexibility index (Phi) is 13.5. The van der Waals surface area contributed by atoms with Crippen LogP contribution in [0, 0.1) is 25.2 Å². The Morgan fingerprint density at radius 2 is 0.926 bits per heavy atom. The molecule has 7 aromatic rings. The minimum absolute atomic E-state index is 0.193. The van der Waals surface area contributed by atoms with Gasteiger partial charge < -0.3 is 5.11 Å². The fourth-order valence-corrected chi connectivity index (χ4v) is 6.32. The van der Waals surface area contributed by atoms with Gasteiger partial charge in [0, 0.05) is 16.7 Å². The van der Waals surface area contributed by atoms with Crippen molar-refractivity contribution in [3.05, 3.63) is 216 Å². The normalized spacial score (nSPS) is 11.0. The zero-order chi connectivity index (χ0) is 38.3. The van der Waals surface area contributed by atoms with Gasteiger partial charge in [-0.3, -0.25) is 5.41 Å². The number of phenols is 1. The Morgan fingerprint density at radius 1 is 0.519 bits per heavy atom. The lowest BCUT2D eigenvalue weighted by molar-refractivity contribution is 0.473. The smallest absolute Gasteiger partial charge is 0.123 e. The zero-order valence-corrected chi connectivity index (χ0v) is 31.1. The molecule has 0 fully saturated rings. The number of allylic oxidation sites excluding steroid dienone is 4. The summed E-state index contributed by atoms with van der Waals surface area (Å²) in [6, 6.07) is 61.9. The third-order valence-electron chi connectivity index (χ3n) is 9.17. The van der Waals surface area contributed by atoms with Crippen LogP contribution in [-0.2, 0) is 0 Å². The van der Waals surface area contributed by atoms with Crippen molar-refractivity contribution in [2.45, 2.75) is 20.8 Å². The van der Waals surface area contributed by atoms with Crippen LogP contribution >= 0.6 is 0 Å². The Hall–Kier alpha value is -6.95. The lowest BCUT2D eigenvalue weighted by Crippen LogP contribution is -2.04. The minimum atomic E-state index is 0.193. The second-order valence-electron chi connectivity index (χ2n) is 12.7. The van der Waals surface area contributed by atoms with Crippen molar-refractivity contribution in [1.82, 2.24) is 0 Å². The van der Waals surface area contributed by atoms with Crippen LogP contribution in [0.5, 0.6) is 5.75 Å². The maximum absolute atomic E-state index is 11.0. The van der Waals surface area contributed by atoms with E-state index in [2.05, 4.69) is 129 Å². The monoisotopic (exact) mass is 699 g/mol. The first-order valence-electron chi connectivity index (χ1n) is 17.9. The lowest BCUT2D eigenvalue weighted by Gasteiger charge is -2.15. The Bertz CT molecular complexity index is 2350. The summed E-state index contributed by atoms with van der Waals surface area (Å²) in [5.41, 5.74) is 13.9. The maximum atomic E-state index is 11.0. The van der Waals surface area contributed by atoms with Gasteiger partial charge in [0.25, 0.3) is 0 Å². The molecule has 0 aliphatic heterocycles. The molecule has 0 bridgehead atoms. The van der Waals surface area contributed by atoms with E-state index in [1.54, 1.807) is 6.07 Å². The van der Waals surface area contributed by atoms with E-state index in [1.165, 1.54) is 22.3 Å². The highest BCUT2D eigenvalue weighted by molar-refractivity contribution is 6.17. The summed E-state index contributed by atoms with van der Waals surface area (Å²) in [5.74, 6) is 0.193. The molecule has 0 saturated heterocycles. The van der Waals surface area contributed by atoms with Crippen molar-refractivity contribution in [1.29, 1.82) is 5.41 Å². The molecule has 0 unspecified atom stereocenters. The first-order chi connectivity index (χ1) is 26.4. The second kappa shape index (κ2) is 19.0. The summed E-state index contributed by atoms with van der Waals surface area (Å²) < 4.78 is 0. The molecular formula is C52H45NO. The van der Waals surface area contributed by atoms with Gasteiger partial charge in [0.1, 0.15) is 5.75 Å². The molecule has 0 heterocycles. The molecular weight excluding hydrogens is 655 g/mol. The molecule has 0 aliphatic carbocycles. The van der Waals surface area contributed by atoms with Crippen molar-refractivity contribution >= 4 is 11.3 Å². The van der Waals surface area contributed by atoms with Crippen LogP contribution in [-0.4, -0.2) is 10.8 Å². The van der Waals surface area contributed by atoms with E-state index in [-0.39, 0.29) is 5.75 Å². The SMILES string of the molecule is C#C.C/C=C\C(C(=N)c1ccc(-c2ccccc2)cc1)=C(/C)c1cc(-c2ccc(-c3ccccc3-c3ccccc3)cc2)ccc1O.Cc1ccccc1. The predicted molar refractivity (Wildman–Crippen MR) is 232 cm³/mol. The number of rotatable bonds is 8. The van der Waals surface area contributed by atoms with Gasteiger partial charge in [0.15, 0.2) is 0 Å². The van der Waals surface area contributed by atoms with E-state index >= 15 is 0 Å². The van der Waals surface area contributed by atoms with Gasteiger partial charge in [-0.2, -0.15) is 0 Å². The minimum Gasteiger partial charge on any atom is -0.507 e. The van der Waals surface area contributed by atoms with Crippen molar-refractivity contribution in [3.8, 4) is 63.1 Å². The van der Waals surface area contributed by atoms with Gasteiger partial charge >= 0.3 is 0 Å². The number of aromatic hydroxyl groups is 1. The molecule has 7 aromatic carbocycles. The molecule has 0 atom stereocenters. The molecule has 0 aromatic heterocycles. The van der Waals surface area contributed by atoms with E-state index in [0.29, 0.717) is 11.3 Å². The second-order valence-corrected chi connectivity index (χ2v) is 12.7. The molecule has 0 amide bonds. The molecule has 2 nitrogen and oxygen atoms in total. The zero-order valence-electron chi connectivity index (χ0n) is 31.1. The Labute approximate surface area is 321 Å².